The van der Waals surface area contributed by atoms with Gasteiger partial charge in [0.1, 0.15) is 5.60 Å². The minimum Gasteiger partial charge on any atom is -0.444 e. The van der Waals surface area contributed by atoms with E-state index in [1.54, 1.807) is 5.01 Å². The van der Waals surface area contributed by atoms with Gasteiger partial charge < -0.3 is 10.1 Å². The normalized spacial score (nSPS) is 16.6. The molecule has 2 N–H and O–H groups in total. The van der Waals surface area contributed by atoms with Crippen LogP contribution in [-0.2, 0) is 9.53 Å². The van der Waals surface area contributed by atoms with Gasteiger partial charge in [0, 0.05) is 26.1 Å². The van der Waals surface area contributed by atoms with E-state index in [-0.39, 0.29) is 5.91 Å². The van der Waals surface area contributed by atoms with E-state index in [0.29, 0.717) is 25.9 Å². The number of hydrazine groups is 1. The summed E-state index contributed by atoms with van der Waals surface area (Å²) >= 11 is 0. The molecule has 0 spiro atoms. The number of carbonyl (C=O) groups excluding carboxylic acids is 2. The number of ether oxygens (including phenoxy) is 1. The maximum Gasteiger partial charge on any atom is 0.407 e. The van der Waals surface area contributed by atoms with Crippen LogP contribution in [0.3, 0.4) is 0 Å². The molecule has 0 saturated carbocycles. The Labute approximate surface area is 108 Å². The Morgan fingerprint density at radius 1 is 1.50 bits per heavy atom. The molecule has 0 atom stereocenters. The molecule has 1 heterocycles. The SMILES string of the molecule is CC(C)(C)OC(=O)NCCCN1NCCCC1=O. The molecule has 1 fully saturated rings. The molecule has 1 rings (SSSR count). The number of hydrogen-bond donors (Lipinski definition) is 2. The molecule has 0 unspecified atom stereocenters. The van der Waals surface area contributed by atoms with Crippen molar-refractivity contribution in [3.63, 3.8) is 0 Å². The van der Waals surface area contributed by atoms with E-state index < -0.39 is 11.7 Å². The average molecular weight is 257 g/mol. The van der Waals surface area contributed by atoms with Crippen molar-refractivity contribution < 1.29 is 14.3 Å². The number of nitrogens with one attached hydrogen (secondary N) is 2. The molecule has 0 aromatic carbocycles. The Kier molecular flexibility index (Phi) is 5.40. The predicted octanol–water partition coefficient (Wildman–Crippen LogP) is 1.03. The van der Waals surface area contributed by atoms with Gasteiger partial charge in [0.2, 0.25) is 5.91 Å². The van der Waals surface area contributed by atoms with Crippen molar-refractivity contribution in [3.05, 3.63) is 0 Å². The molecule has 1 aliphatic heterocycles. The van der Waals surface area contributed by atoms with Gasteiger partial charge in [-0.25, -0.2) is 10.2 Å². The lowest BCUT2D eigenvalue weighted by Crippen LogP contribution is -2.48. The minimum atomic E-state index is -0.478. The largest absolute Gasteiger partial charge is 0.444 e. The molecule has 18 heavy (non-hydrogen) atoms. The van der Waals surface area contributed by atoms with Gasteiger partial charge in [-0.15, -0.1) is 0 Å². The van der Waals surface area contributed by atoms with Crippen molar-refractivity contribution in [2.45, 2.75) is 45.6 Å². The quantitative estimate of drug-likeness (QED) is 0.738. The van der Waals surface area contributed by atoms with Crippen molar-refractivity contribution in [2.24, 2.45) is 0 Å². The highest BCUT2D eigenvalue weighted by molar-refractivity contribution is 5.76. The van der Waals surface area contributed by atoms with Gasteiger partial charge in [-0.05, 0) is 33.6 Å². The molecule has 1 saturated heterocycles. The lowest BCUT2D eigenvalue weighted by Gasteiger charge is -2.27. The summed E-state index contributed by atoms with van der Waals surface area (Å²) in [6, 6.07) is 0. The van der Waals surface area contributed by atoms with E-state index >= 15 is 0 Å². The fourth-order valence-corrected chi connectivity index (χ4v) is 1.62. The lowest BCUT2D eigenvalue weighted by molar-refractivity contribution is -0.136. The molecule has 2 amide bonds. The van der Waals surface area contributed by atoms with Crippen molar-refractivity contribution in [3.8, 4) is 0 Å². The summed E-state index contributed by atoms with van der Waals surface area (Å²) in [6.07, 6.45) is 1.79. The average Bonchev–Trinajstić information content (AvgIpc) is 2.24. The van der Waals surface area contributed by atoms with E-state index in [1.807, 2.05) is 20.8 Å². The second-order valence-corrected chi connectivity index (χ2v) is 5.34. The van der Waals surface area contributed by atoms with Crippen molar-refractivity contribution in [2.75, 3.05) is 19.6 Å². The highest BCUT2D eigenvalue weighted by atomic mass is 16.6. The number of hydrogen-bond acceptors (Lipinski definition) is 4. The first kappa shape index (κ1) is 14.8. The van der Waals surface area contributed by atoms with Crippen LogP contribution in [-0.4, -0.2) is 42.2 Å². The van der Waals surface area contributed by atoms with Crippen LogP contribution in [0.25, 0.3) is 0 Å². The van der Waals surface area contributed by atoms with Gasteiger partial charge in [-0.1, -0.05) is 0 Å². The van der Waals surface area contributed by atoms with E-state index in [9.17, 15) is 9.59 Å². The van der Waals surface area contributed by atoms with Crippen LogP contribution in [0.5, 0.6) is 0 Å². The van der Waals surface area contributed by atoms with Crippen molar-refractivity contribution in [1.82, 2.24) is 15.8 Å². The third-order valence-electron chi connectivity index (χ3n) is 2.40. The highest BCUT2D eigenvalue weighted by Crippen LogP contribution is 2.06. The first-order valence-corrected chi connectivity index (χ1v) is 6.39. The number of carbonyl (C=O) groups is 2. The standard InChI is InChI=1S/C12H23N3O3/c1-12(2,3)18-11(17)13-7-5-9-15-10(16)6-4-8-14-15/h14H,4-9H2,1-3H3,(H,13,17). The molecular weight excluding hydrogens is 234 g/mol. The summed E-state index contributed by atoms with van der Waals surface area (Å²) in [5.41, 5.74) is 2.56. The summed E-state index contributed by atoms with van der Waals surface area (Å²) in [5.74, 6) is 0.124. The van der Waals surface area contributed by atoms with E-state index in [4.69, 9.17) is 4.74 Å². The van der Waals surface area contributed by atoms with Crippen LogP contribution in [0.15, 0.2) is 0 Å². The first-order valence-electron chi connectivity index (χ1n) is 6.39. The molecule has 6 nitrogen and oxygen atoms in total. The van der Waals surface area contributed by atoms with Crippen molar-refractivity contribution >= 4 is 12.0 Å². The zero-order valence-corrected chi connectivity index (χ0v) is 11.4. The second kappa shape index (κ2) is 6.58. The van der Waals surface area contributed by atoms with E-state index in [2.05, 4.69) is 10.7 Å². The molecule has 6 heteroatoms. The zero-order chi connectivity index (χ0) is 13.6. The molecule has 0 aromatic rings. The van der Waals surface area contributed by atoms with Gasteiger partial charge in [0.15, 0.2) is 0 Å². The number of amides is 2. The van der Waals surface area contributed by atoms with Crippen LogP contribution in [0.2, 0.25) is 0 Å². The smallest absolute Gasteiger partial charge is 0.407 e. The lowest BCUT2D eigenvalue weighted by atomic mass is 10.2. The van der Waals surface area contributed by atoms with Crippen molar-refractivity contribution in [1.29, 1.82) is 0 Å². The van der Waals surface area contributed by atoms with Gasteiger partial charge >= 0.3 is 6.09 Å². The second-order valence-electron chi connectivity index (χ2n) is 5.34. The maximum absolute atomic E-state index is 11.5. The monoisotopic (exact) mass is 257 g/mol. The fraction of sp³-hybridized carbons (Fsp3) is 0.833. The molecule has 1 aliphatic rings. The van der Waals surface area contributed by atoms with Crippen LogP contribution < -0.4 is 10.7 Å². The third kappa shape index (κ3) is 5.86. The minimum absolute atomic E-state index is 0.124. The van der Waals surface area contributed by atoms with Gasteiger partial charge in [-0.2, -0.15) is 0 Å². The van der Waals surface area contributed by atoms with Crippen LogP contribution in [0, 0.1) is 0 Å². The van der Waals surface area contributed by atoms with E-state index in [0.717, 1.165) is 13.0 Å². The topological polar surface area (TPSA) is 70.7 Å². The third-order valence-corrected chi connectivity index (χ3v) is 2.40. The Morgan fingerprint density at radius 3 is 2.83 bits per heavy atom. The molecule has 0 bridgehead atoms. The van der Waals surface area contributed by atoms with Gasteiger partial charge in [0.05, 0.1) is 0 Å². The molecule has 104 valence electrons. The summed E-state index contributed by atoms with van der Waals surface area (Å²) in [4.78, 5) is 22.8. The van der Waals surface area contributed by atoms with Crippen LogP contribution in [0.4, 0.5) is 4.79 Å². The van der Waals surface area contributed by atoms with Gasteiger partial charge in [-0.3, -0.25) is 9.80 Å². The molecule has 0 radical (unpaired) electrons. The van der Waals surface area contributed by atoms with Gasteiger partial charge in [0.25, 0.3) is 0 Å². The molecular formula is C12H23N3O3. The predicted molar refractivity (Wildman–Crippen MR) is 67.8 cm³/mol. The number of alkyl carbamates (subject to hydrolysis) is 1. The molecule has 0 aliphatic carbocycles. The maximum atomic E-state index is 11.5. The fourth-order valence-electron chi connectivity index (χ4n) is 1.62. The Bertz CT molecular complexity index is 299. The van der Waals surface area contributed by atoms with Crippen LogP contribution >= 0.6 is 0 Å². The summed E-state index contributed by atoms with van der Waals surface area (Å²) in [7, 11) is 0. The Hall–Kier alpha value is -1.30. The molecule has 0 aromatic heterocycles. The Morgan fingerprint density at radius 2 is 2.22 bits per heavy atom. The highest BCUT2D eigenvalue weighted by Gasteiger charge is 2.18. The number of rotatable bonds is 4. The Balaban J connectivity index is 2.11. The zero-order valence-electron chi connectivity index (χ0n) is 11.4. The van der Waals surface area contributed by atoms with E-state index in [1.165, 1.54) is 0 Å². The summed E-state index contributed by atoms with van der Waals surface area (Å²) in [6.45, 7) is 7.41. The number of nitrogens with zero attached hydrogens (tertiary/aromatic N) is 1. The summed E-state index contributed by atoms with van der Waals surface area (Å²) < 4.78 is 5.10. The summed E-state index contributed by atoms with van der Waals surface area (Å²) in [5, 5.41) is 4.29. The first-order chi connectivity index (χ1) is 8.38. The van der Waals surface area contributed by atoms with Crippen LogP contribution in [0.1, 0.15) is 40.0 Å².